The molecule has 0 saturated heterocycles. The molecule has 4 aromatic heterocycles. The first-order valence-corrected chi connectivity index (χ1v) is 14.1. The number of pyridine rings is 1. The van der Waals surface area contributed by atoms with Crippen molar-refractivity contribution in [2.45, 2.75) is 45.7 Å². The number of rotatable bonds is 4. The van der Waals surface area contributed by atoms with Crippen molar-refractivity contribution in [3.63, 3.8) is 0 Å². The average Bonchev–Trinajstić information content (AvgIpc) is 3.68. The van der Waals surface area contributed by atoms with E-state index in [1.807, 2.05) is 6.07 Å². The number of carbonyl (C=O) groups is 1. The Bertz CT molecular complexity index is 2030. The summed E-state index contributed by atoms with van der Waals surface area (Å²) in [4.78, 5) is 35.6. The molecule has 1 aromatic carbocycles. The van der Waals surface area contributed by atoms with E-state index < -0.39 is 29.9 Å². The van der Waals surface area contributed by atoms with Gasteiger partial charge in [-0.15, -0.1) is 0 Å². The summed E-state index contributed by atoms with van der Waals surface area (Å²) < 4.78 is 46.7. The van der Waals surface area contributed by atoms with Gasteiger partial charge < -0.3 is 5.32 Å². The summed E-state index contributed by atoms with van der Waals surface area (Å²) in [6, 6.07) is 8.85. The minimum absolute atomic E-state index is 0.00923. The van der Waals surface area contributed by atoms with Crippen LogP contribution >= 0.6 is 0 Å². The van der Waals surface area contributed by atoms with Gasteiger partial charge in [0.05, 0.1) is 64.3 Å². The summed E-state index contributed by atoms with van der Waals surface area (Å²) in [5.74, 6) is -1.39. The number of benzene rings is 1. The molecule has 5 heterocycles. The summed E-state index contributed by atoms with van der Waals surface area (Å²) >= 11 is 0. The van der Waals surface area contributed by atoms with E-state index in [0.29, 0.717) is 46.5 Å². The van der Waals surface area contributed by atoms with E-state index in [2.05, 4.69) is 25.5 Å². The van der Waals surface area contributed by atoms with Crippen LogP contribution in [0.3, 0.4) is 0 Å². The lowest BCUT2D eigenvalue weighted by molar-refractivity contribution is -0.119. The van der Waals surface area contributed by atoms with E-state index in [1.54, 1.807) is 32.0 Å². The fraction of sp³-hybridized carbons (Fsp3) is 0.258. The molecule has 1 aliphatic heterocycles. The molecule has 11 nitrogen and oxygen atoms in total. The quantitative estimate of drug-likeness (QED) is 0.286. The molecule has 1 amide bonds. The molecule has 0 saturated carbocycles. The minimum atomic E-state index is -2.97. The number of aromatic nitrogens is 7. The van der Waals surface area contributed by atoms with Gasteiger partial charge in [0.25, 0.3) is 5.56 Å². The first kappa shape index (κ1) is 29.5. The Morgan fingerprint density at radius 3 is 2.64 bits per heavy atom. The summed E-state index contributed by atoms with van der Waals surface area (Å²) in [6.07, 6.45) is 8.09. The molecule has 2 bridgehead atoms. The number of fused-ring (bicyclic) bond motifs is 4. The number of nitriles is 1. The molecule has 14 heteroatoms. The van der Waals surface area contributed by atoms with Crippen molar-refractivity contribution in [2.75, 3.05) is 5.32 Å². The molecule has 228 valence electrons. The number of nitrogens with one attached hydrogen (secondary N) is 1. The third-order valence-corrected chi connectivity index (χ3v) is 7.90. The van der Waals surface area contributed by atoms with Crippen LogP contribution in [0.25, 0.3) is 28.2 Å². The zero-order valence-corrected chi connectivity index (χ0v) is 24.2. The third-order valence-electron chi connectivity index (χ3n) is 7.90. The maximum absolute atomic E-state index is 15.6. The molecule has 6 rings (SSSR count). The molecule has 0 unspecified atom stereocenters. The maximum Gasteiger partial charge on any atom is 0.333 e. The van der Waals surface area contributed by atoms with Crippen molar-refractivity contribution in [3.05, 3.63) is 94.4 Å². The van der Waals surface area contributed by atoms with Gasteiger partial charge in [-0.25, -0.2) is 18.7 Å². The van der Waals surface area contributed by atoms with Crippen molar-refractivity contribution in [1.82, 2.24) is 34.1 Å². The standard InChI is InChI=1S/C31H26F3N9O2/c1-17-6-7-25(42-15-19(12-35)13-38-42)27(28(17)32)22-11-26(44)41(16-37-22)24-5-3-4-18(2)30(45)40-23-14-39-43(31(33)34)29(23)20-8-9-36-21(24)10-20/h6-11,13-16,18,24,31H,3-5H2,1-2H3,(H,40,45)/t18-,24+/m1/s1. The van der Waals surface area contributed by atoms with Gasteiger partial charge in [-0.05, 0) is 43.5 Å². The summed E-state index contributed by atoms with van der Waals surface area (Å²) in [7, 11) is 0. The highest BCUT2D eigenvalue weighted by Gasteiger charge is 2.26. The number of alkyl halides is 2. The first-order valence-electron chi connectivity index (χ1n) is 14.1. The normalized spacial score (nSPS) is 16.8. The number of amides is 1. The molecule has 0 aliphatic carbocycles. The van der Waals surface area contributed by atoms with Crippen LogP contribution < -0.4 is 10.9 Å². The molecule has 1 N–H and O–H groups in total. The zero-order chi connectivity index (χ0) is 31.8. The van der Waals surface area contributed by atoms with Gasteiger partial charge in [-0.1, -0.05) is 19.4 Å². The van der Waals surface area contributed by atoms with Crippen LogP contribution in [0.2, 0.25) is 0 Å². The number of halogens is 3. The van der Waals surface area contributed by atoms with Crippen LogP contribution in [0.4, 0.5) is 18.9 Å². The fourth-order valence-corrected chi connectivity index (χ4v) is 5.50. The molecule has 5 aromatic rings. The smallest absolute Gasteiger partial charge is 0.323 e. The number of nitrogens with zero attached hydrogens (tertiary/aromatic N) is 8. The maximum atomic E-state index is 15.6. The first-order chi connectivity index (χ1) is 21.7. The van der Waals surface area contributed by atoms with E-state index >= 15 is 4.39 Å². The summed E-state index contributed by atoms with van der Waals surface area (Å²) in [5, 5.41) is 19.9. The zero-order valence-electron chi connectivity index (χ0n) is 24.2. The van der Waals surface area contributed by atoms with E-state index in [4.69, 9.17) is 0 Å². The largest absolute Gasteiger partial charge is 0.333 e. The lowest BCUT2D eigenvalue weighted by Gasteiger charge is -2.22. The van der Waals surface area contributed by atoms with Crippen LogP contribution in [0.15, 0.2) is 66.2 Å². The molecule has 0 spiro atoms. The second-order valence-electron chi connectivity index (χ2n) is 10.8. The van der Waals surface area contributed by atoms with Crippen LogP contribution in [-0.2, 0) is 4.79 Å². The second-order valence-corrected chi connectivity index (χ2v) is 10.8. The predicted molar refractivity (Wildman–Crippen MR) is 157 cm³/mol. The van der Waals surface area contributed by atoms with Gasteiger partial charge >= 0.3 is 6.55 Å². The van der Waals surface area contributed by atoms with Crippen LogP contribution in [0.5, 0.6) is 0 Å². The highest BCUT2D eigenvalue weighted by atomic mass is 19.3. The lowest BCUT2D eigenvalue weighted by Crippen LogP contribution is -2.27. The SMILES string of the molecule is Cc1ccc(-n2cc(C#N)cn2)c(-c2cc(=O)n([C@H]3CCC[C@@H](C)C(=O)Nc4cnn(C(F)F)c4-c4ccnc3c4)cn2)c1F. The Morgan fingerprint density at radius 2 is 1.91 bits per heavy atom. The van der Waals surface area contributed by atoms with Gasteiger partial charge in [0.1, 0.15) is 11.9 Å². The number of hydrogen-bond acceptors (Lipinski definition) is 7. The topological polar surface area (TPSA) is 136 Å². The highest BCUT2D eigenvalue weighted by Crippen LogP contribution is 2.35. The Labute approximate surface area is 254 Å². The van der Waals surface area contributed by atoms with Crippen LogP contribution in [0, 0.1) is 30.0 Å². The second kappa shape index (κ2) is 11.8. The number of hydrogen-bond donors (Lipinski definition) is 1. The molecule has 2 atom stereocenters. The monoisotopic (exact) mass is 613 g/mol. The highest BCUT2D eigenvalue weighted by molar-refractivity contribution is 5.95. The van der Waals surface area contributed by atoms with Crippen LogP contribution in [-0.4, -0.2) is 40.0 Å². The summed E-state index contributed by atoms with van der Waals surface area (Å²) in [5.41, 5.74) is 1.39. The summed E-state index contributed by atoms with van der Waals surface area (Å²) in [6.45, 7) is 0.354. The van der Waals surface area contributed by atoms with E-state index in [0.717, 1.165) is 0 Å². The van der Waals surface area contributed by atoms with E-state index in [1.165, 1.54) is 52.5 Å². The third kappa shape index (κ3) is 5.48. The fourth-order valence-electron chi connectivity index (χ4n) is 5.50. The van der Waals surface area contributed by atoms with E-state index in [9.17, 15) is 23.6 Å². The predicted octanol–water partition coefficient (Wildman–Crippen LogP) is 5.42. The Hall–Kier alpha value is -5.58. The van der Waals surface area contributed by atoms with Crippen molar-refractivity contribution < 1.29 is 18.0 Å². The Balaban J connectivity index is 1.46. The van der Waals surface area contributed by atoms with Crippen molar-refractivity contribution in [2.24, 2.45) is 5.92 Å². The number of carbonyl (C=O) groups excluding carboxylic acids is 1. The van der Waals surface area contributed by atoms with Gasteiger partial charge in [0.15, 0.2) is 0 Å². The number of anilines is 1. The van der Waals surface area contributed by atoms with Gasteiger partial charge in [0, 0.05) is 29.9 Å². The number of aryl methyl sites for hydroxylation is 1. The lowest BCUT2D eigenvalue weighted by atomic mass is 9.97. The average molecular weight is 614 g/mol. The molecule has 1 aliphatic rings. The Morgan fingerprint density at radius 1 is 1.09 bits per heavy atom. The molecular weight excluding hydrogens is 587 g/mol. The van der Waals surface area contributed by atoms with Crippen LogP contribution in [0.1, 0.15) is 55.6 Å². The van der Waals surface area contributed by atoms with Gasteiger partial charge in [0.2, 0.25) is 5.91 Å². The van der Waals surface area contributed by atoms with Gasteiger partial charge in [-0.2, -0.15) is 24.2 Å². The van der Waals surface area contributed by atoms with Gasteiger partial charge in [-0.3, -0.25) is 19.1 Å². The van der Waals surface area contributed by atoms with E-state index in [-0.39, 0.29) is 34.1 Å². The van der Waals surface area contributed by atoms with Crippen molar-refractivity contribution in [3.8, 4) is 34.3 Å². The molecule has 0 radical (unpaired) electrons. The molecule has 45 heavy (non-hydrogen) atoms. The minimum Gasteiger partial charge on any atom is -0.323 e. The van der Waals surface area contributed by atoms with Crippen molar-refractivity contribution in [1.29, 1.82) is 5.26 Å². The molecule has 0 fully saturated rings. The van der Waals surface area contributed by atoms with Crippen molar-refractivity contribution >= 4 is 11.6 Å². The Kier molecular flexibility index (Phi) is 7.76. The molecular formula is C31H26F3N9O2.